The van der Waals surface area contributed by atoms with Crippen LogP contribution in [-0.2, 0) is 14.3 Å². The maximum Gasteiger partial charge on any atom is 0.410 e. The Balaban J connectivity index is 1.33. The number of amides is 2. The van der Waals surface area contributed by atoms with Gasteiger partial charge in [0.25, 0.3) is 0 Å². The van der Waals surface area contributed by atoms with Gasteiger partial charge in [-0.15, -0.1) is 0 Å². The molecule has 0 N–H and O–H groups in total. The highest BCUT2D eigenvalue weighted by Crippen LogP contribution is 2.45. The van der Waals surface area contributed by atoms with Crippen LogP contribution in [0.15, 0.2) is 54.6 Å². The van der Waals surface area contributed by atoms with Crippen LogP contribution >= 0.6 is 0 Å². The van der Waals surface area contributed by atoms with Gasteiger partial charge in [-0.25, -0.2) is 14.0 Å². The van der Waals surface area contributed by atoms with Crippen molar-refractivity contribution in [2.45, 2.75) is 57.6 Å². The first-order chi connectivity index (χ1) is 18.5. The van der Waals surface area contributed by atoms with E-state index in [-0.39, 0.29) is 35.7 Å². The molecule has 2 atom stereocenters. The van der Waals surface area contributed by atoms with E-state index in [0.717, 1.165) is 30.4 Å². The summed E-state index contributed by atoms with van der Waals surface area (Å²) in [6, 6.07) is 13.4. The van der Waals surface area contributed by atoms with Crippen LogP contribution in [0.3, 0.4) is 0 Å². The van der Waals surface area contributed by atoms with E-state index in [1.54, 1.807) is 48.6 Å². The quantitative estimate of drug-likeness (QED) is 0.337. The smallest absolute Gasteiger partial charge is 0.410 e. The van der Waals surface area contributed by atoms with E-state index < -0.39 is 11.6 Å². The van der Waals surface area contributed by atoms with E-state index in [9.17, 15) is 18.8 Å². The molecule has 2 aliphatic rings. The zero-order valence-corrected chi connectivity index (χ0v) is 23.1. The number of carbonyl (C=O) groups excluding carboxylic acids is 3. The summed E-state index contributed by atoms with van der Waals surface area (Å²) in [7, 11) is 1.34. The van der Waals surface area contributed by atoms with Gasteiger partial charge in [-0.1, -0.05) is 24.3 Å². The second-order valence-electron chi connectivity index (χ2n) is 11.3. The van der Waals surface area contributed by atoms with Crippen LogP contribution in [-0.4, -0.2) is 66.2 Å². The second-order valence-corrected chi connectivity index (χ2v) is 11.3. The predicted molar refractivity (Wildman–Crippen MR) is 147 cm³/mol. The van der Waals surface area contributed by atoms with Gasteiger partial charge in [-0.2, -0.15) is 0 Å². The van der Waals surface area contributed by atoms with Crippen molar-refractivity contribution in [3.8, 4) is 0 Å². The molecule has 0 spiro atoms. The third kappa shape index (κ3) is 7.68. The first-order valence-electron chi connectivity index (χ1n) is 13.4. The number of hydrogen-bond acceptors (Lipinski definition) is 5. The number of ether oxygens (including phenoxy) is 2. The van der Waals surface area contributed by atoms with E-state index in [1.807, 2.05) is 30.6 Å². The molecule has 2 aromatic rings. The fourth-order valence-corrected chi connectivity index (χ4v) is 5.00. The number of esters is 1. The molecule has 1 saturated heterocycles. The lowest BCUT2D eigenvalue weighted by Crippen LogP contribution is -2.45. The van der Waals surface area contributed by atoms with Crippen LogP contribution in [0.5, 0.6) is 0 Å². The molecular weight excluding hydrogens is 499 g/mol. The Morgan fingerprint density at radius 1 is 1.03 bits per heavy atom. The molecule has 0 aromatic heterocycles. The zero-order chi connectivity index (χ0) is 28.2. The lowest BCUT2D eigenvalue weighted by molar-refractivity contribution is -0.127. The molecule has 1 aliphatic carbocycles. The molecule has 1 heterocycles. The number of benzene rings is 2. The standard InChI is InChI=1S/C31H37FN2O5/c1-31(2,3)39-30(37)34(27-19-26(27)23-10-12-25(32)13-11-23)20-22-15-17-33(18-16-22)28(35)14-7-21-5-8-24(9-6-21)29(36)38-4/h5-14,22,26-27H,15-20H2,1-4H3/b14-7+/t26-,27?/m1/s1. The van der Waals surface area contributed by atoms with Gasteiger partial charge in [0.2, 0.25) is 5.91 Å². The summed E-state index contributed by atoms with van der Waals surface area (Å²) in [4.78, 5) is 41.2. The summed E-state index contributed by atoms with van der Waals surface area (Å²) in [5.74, 6) is -0.305. The lowest BCUT2D eigenvalue weighted by Gasteiger charge is -2.35. The van der Waals surface area contributed by atoms with Gasteiger partial charge in [0.05, 0.1) is 12.7 Å². The molecule has 1 unspecified atom stereocenters. The van der Waals surface area contributed by atoms with Crippen LogP contribution in [0.2, 0.25) is 0 Å². The number of rotatable bonds is 7. The van der Waals surface area contributed by atoms with E-state index >= 15 is 0 Å². The highest BCUT2D eigenvalue weighted by Gasteiger charge is 2.46. The number of likely N-dealkylation sites (tertiary alicyclic amines) is 1. The topological polar surface area (TPSA) is 76.2 Å². The first-order valence-corrected chi connectivity index (χ1v) is 13.4. The van der Waals surface area contributed by atoms with Gasteiger partial charge >= 0.3 is 12.1 Å². The minimum atomic E-state index is -0.600. The molecule has 1 aliphatic heterocycles. The van der Waals surface area contributed by atoms with Crippen molar-refractivity contribution in [2.75, 3.05) is 26.7 Å². The molecule has 4 rings (SSSR count). The van der Waals surface area contributed by atoms with Crippen molar-refractivity contribution in [3.05, 3.63) is 77.1 Å². The largest absolute Gasteiger partial charge is 0.465 e. The van der Waals surface area contributed by atoms with E-state index in [1.165, 1.54) is 19.2 Å². The number of halogens is 1. The second kappa shape index (κ2) is 12.0. The average molecular weight is 537 g/mol. The molecule has 208 valence electrons. The van der Waals surface area contributed by atoms with E-state index in [0.29, 0.717) is 25.2 Å². The van der Waals surface area contributed by atoms with Crippen molar-refractivity contribution < 1.29 is 28.2 Å². The minimum Gasteiger partial charge on any atom is -0.465 e. The SMILES string of the molecule is COC(=O)c1ccc(/C=C/C(=O)N2CCC(CN(C(=O)OC(C)(C)C)C3C[C@@H]3c3ccc(F)cc3)CC2)cc1. The van der Waals surface area contributed by atoms with Crippen LogP contribution in [0.4, 0.5) is 9.18 Å². The van der Waals surface area contributed by atoms with Gasteiger partial charge < -0.3 is 19.3 Å². The lowest BCUT2D eigenvalue weighted by atomic mass is 9.96. The van der Waals surface area contributed by atoms with E-state index in [2.05, 4.69) is 0 Å². The molecular formula is C31H37FN2O5. The summed E-state index contributed by atoms with van der Waals surface area (Å²) in [5.41, 5.74) is 1.71. The average Bonchev–Trinajstić information content (AvgIpc) is 3.70. The molecule has 0 radical (unpaired) electrons. The van der Waals surface area contributed by atoms with Gasteiger partial charge in [-0.05, 0) is 87.4 Å². The van der Waals surface area contributed by atoms with Gasteiger partial charge in [0.1, 0.15) is 11.4 Å². The Morgan fingerprint density at radius 2 is 1.67 bits per heavy atom. The fourth-order valence-electron chi connectivity index (χ4n) is 5.00. The number of methoxy groups -OCH3 is 1. The molecule has 8 heteroatoms. The van der Waals surface area contributed by atoms with Crippen molar-refractivity contribution in [2.24, 2.45) is 5.92 Å². The summed E-state index contributed by atoms with van der Waals surface area (Å²) in [6.07, 6.45) is 5.38. The molecule has 2 aromatic carbocycles. The van der Waals surface area contributed by atoms with Gasteiger partial charge in [0.15, 0.2) is 0 Å². The monoisotopic (exact) mass is 536 g/mol. The number of hydrogen-bond donors (Lipinski definition) is 0. The maximum absolute atomic E-state index is 13.4. The van der Waals surface area contributed by atoms with E-state index in [4.69, 9.17) is 9.47 Å². The van der Waals surface area contributed by atoms with Crippen LogP contribution in [0.1, 0.15) is 67.4 Å². The first kappa shape index (κ1) is 28.3. The van der Waals surface area contributed by atoms with Gasteiger partial charge in [-0.3, -0.25) is 4.79 Å². The van der Waals surface area contributed by atoms with Crippen molar-refractivity contribution in [1.82, 2.24) is 9.80 Å². The van der Waals surface area contributed by atoms with Crippen molar-refractivity contribution in [1.29, 1.82) is 0 Å². The number of nitrogens with zero attached hydrogens (tertiary/aromatic N) is 2. The summed E-state index contributed by atoms with van der Waals surface area (Å²) < 4.78 is 23.8. The maximum atomic E-state index is 13.4. The minimum absolute atomic E-state index is 0.0264. The molecule has 2 amide bonds. The van der Waals surface area contributed by atoms with Crippen molar-refractivity contribution in [3.63, 3.8) is 0 Å². The van der Waals surface area contributed by atoms with Crippen molar-refractivity contribution >= 4 is 24.0 Å². The predicted octanol–water partition coefficient (Wildman–Crippen LogP) is 5.66. The summed E-state index contributed by atoms with van der Waals surface area (Å²) in [6.45, 7) is 7.38. The summed E-state index contributed by atoms with van der Waals surface area (Å²) >= 11 is 0. The number of piperidine rings is 1. The molecule has 1 saturated carbocycles. The third-order valence-corrected chi connectivity index (χ3v) is 7.21. The normalized spacial score (nSPS) is 19.6. The Bertz CT molecular complexity index is 1190. The Hall–Kier alpha value is -3.68. The Kier molecular flexibility index (Phi) is 8.73. The third-order valence-electron chi connectivity index (χ3n) is 7.21. The fraction of sp³-hybridized carbons (Fsp3) is 0.452. The molecule has 2 fully saturated rings. The highest BCUT2D eigenvalue weighted by atomic mass is 19.1. The molecule has 0 bridgehead atoms. The number of carbonyl (C=O) groups is 3. The Labute approximate surface area is 229 Å². The summed E-state index contributed by atoms with van der Waals surface area (Å²) in [5, 5.41) is 0. The molecule has 39 heavy (non-hydrogen) atoms. The van der Waals surface area contributed by atoms with Crippen LogP contribution in [0, 0.1) is 11.7 Å². The van der Waals surface area contributed by atoms with Crippen LogP contribution < -0.4 is 0 Å². The van der Waals surface area contributed by atoms with Gasteiger partial charge in [0, 0.05) is 37.7 Å². The van der Waals surface area contributed by atoms with Crippen LogP contribution in [0.25, 0.3) is 6.08 Å². The Morgan fingerprint density at radius 3 is 2.26 bits per heavy atom. The highest BCUT2D eigenvalue weighted by molar-refractivity contribution is 5.92. The zero-order valence-electron chi connectivity index (χ0n) is 23.1. The molecule has 7 nitrogen and oxygen atoms in total.